The molecular weight excluding hydrogens is 439 g/mol. The molecule has 2 aromatic carbocycles. The number of nitrogens with one attached hydrogen (secondary N) is 3. The first kappa shape index (κ1) is 19.4. The summed E-state index contributed by atoms with van der Waals surface area (Å²) in [6.45, 7) is 0.537. The van der Waals surface area contributed by atoms with Gasteiger partial charge in [-0.05, 0) is 54.6 Å². The number of imidazole rings is 1. The molecule has 3 N–H and O–H groups in total. The molecule has 0 radical (unpaired) electrons. The molecule has 0 fully saturated rings. The minimum Gasteiger partial charge on any atom is -0.379 e. The van der Waals surface area contributed by atoms with E-state index in [1.54, 1.807) is 29.0 Å². The van der Waals surface area contributed by atoms with Crippen LogP contribution in [-0.2, 0) is 6.54 Å². The molecule has 8 nitrogen and oxygen atoms in total. The standard InChI is InChI=1S/C23H17FN8S/c24-15-1-3-16(4-2-15)25-11-18-13-33-23(29-18)20-12-26-22-8-7-21(31-32(20)22)28-17-5-6-19-14(9-17)10-27-30-19/h1-10,12-13,25H,11H2,(H,27,30)(H,28,31). The normalized spacial score (nSPS) is 11.3. The van der Waals surface area contributed by atoms with E-state index in [1.165, 1.54) is 23.5 Å². The number of hydrogen-bond donors (Lipinski definition) is 3. The first-order valence-electron chi connectivity index (χ1n) is 10.2. The van der Waals surface area contributed by atoms with Crippen LogP contribution >= 0.6 is 11.3 Å². The number of rotatable bonds is 6. The molecule has 162 valence electrons. The Bertz CT molecular complexity index is 1570. The molecule has 0 aliphatic rings. The Morgan fingerprint density at radius 1 is 1.00 bits per heavy atom. The third kappa shape index (κ3) is 3.87. The highest BCUT2D eigenvalue weighted by molar-refractivity contribution is 7.13. The van der Waals surface area contributed by atoms with Gasteiger partial charge in [-0.3, -0.25) is 5.10 Å². The number of anilines is 3. The highest BCUT2D eigenvalue weighted by Gasteiger charge is 2.12. The second-order valence-electron chi connectivity index (χ2n) is 7.43. The smallest absolute Gasteiger partial charge is 0.154 e. The van der Waals surface area contributed by atoms with E-state index in [9.17, 15) is 4.39 Å². The number of aromatic amines is 1. The number of aromatic nitrogens is 6. The van der Waals surface area contributed by atoms with Crippen molar-refractivity contribution >= 4 is 45.1 Å². The lowest BCUT2D eigenvalue weighted by molar-refractivity contribution is 0.628. The van der Waals surface area contributed by atoms with Crippen LogP contribution in [0.1, 0.15) is 5.69 Å². The van der Waals surface area contributed by atoms with Crippen LogP contribution in [0.2, 0.25) is 0 Å². The zero-order chi connectivity index (χ0) is 22.2. The fourth-order valence-corrected chi connectivity index (χ4v) is 4.33. The molecule has 10 heteroatoms. The summed E-state index contributed by atoms with van der Waals surface area (Å²) in [4.78, 5) is 9.19. The SMILES string of the molecule is Fc1ccc(NCc2csc(-c3cnc4ccc(Nc5ccc6[nH]ncc6c5)nn34)n2)cc1. The molecule has 0 saturated carbocycles. The molecule has 0 aliphatic heterocycles. The Balaban J connectivity index is 1.23. The van der Waals surface area contributed by atoms with Gasteiger partial charge < -0.3 is 10.6 Å². The monoisotopic (exact) mass is 456 g/mol. The maximum atomic E-state index is 13.1. The lowest BCUT2D eigenvalue weighted by Gasteiger charge is -2.07. The van der Waals surface area contributed by atoms with Gasteiger partial charge in [0, 0.05) is 22.1 Å². The van der Waals surface area contributed by atoms with Gasteiger partial charge in [0.15, 0.2) is 11.5 Å². The van der Waals surface area contributed by atoms with Gasteiger partial charge in [-0.1, -0.05) is 0 Å². The van der Waals surface area contributed by atoms with Crippen LogP contribution in [0.15, 0.2) is 72.4 Å². The van der Waals surface area contributed by atoms with Crippen LogP contribution in [0.25, 0.3) is 27.3 Å². The number of fused-ring (bicyclic) bond motifs is 2. The van der Waals surface area contributed by atoms with E-state index in [-0.39, 0.29) is 5.82 Å². The fourth-order valence-electron chi connectivity index (χ4n) is 3.52. The average molecular weight is 457 g/mol. The van der Waals surface area contributed by atoms with Gasteiger partial charge in [0.05, 0.1) is 30.1 Å². The zero-order valence-corrected chi connectivity index (χ0v) is 18.0. The summed E-state index contributed by atoms with van der Waals surface area (Å²) in [6.07, 6.45) is 3.57. The van der Waals surface area contributed by atoms with Gasteiger partial charge in [-0.25, -0.2) is 18.9 Å². The Hall–Kier alpha value is -4.31. The van der Waals surface area contributed by atoms with E-state index in [4.69, 9.17) is 10.1 Å². The predicted octanol–water partition coefficient (Wildman–Crippen LogP) is 5.22. The Morgan fingerprint density at radius 3 is 2.79 bits per heavy atom. The van der Waals surface area contributed by atoms with Crippen LogP contribution in [0.3, 0.4) is 0 Å². The lowest BCUT2D eigenvalue weighted by atomic mass is 10.2. The molecule has 6 aromatic rings. The predicted molar refractivity (Wildman–Crippen MR) is 127 cm³/mol. The maximum absolute atomic E-state index is 13.1. The number of thiazole rings is 1. The molecule has 0 bridgehead atoms. The van der Waals surface area contributed by atoms with Crippen molar-refractivity contribution in [2.24, 2.45) is 0 Å². The topological polar surface area (TPSA) is 95.8 Å². The second-order valence-corrected chi connectivity index (χ2v) is 8.29. The van der Waals surface area contributed by atoms with Gasteiger partial charge in [0.25, 0.3) is 0 Å². The van der Waals surface area contributed by atoms with Gasteiger partial charge >= 0.3 is 0 Å². The van der Waals surface area contributed by atoms with Crippen molar-refractivity contribution in [2.75, 3.05) is 10.6 Å². The van der Waals surface area contributed by atoms with Crippen molar-refractivity contribution in [1.29, 1.82) is 0 Å². The average Bonchev–Trinajstić information content (AvgIpc) is 3.57. The quantitative estimate of drug-likeness (QED) is 0.318. The summed E-state index contributed by atoms with van der Waals surface area (Å²) in [5.41, 5.74) is 5.18. The molecule has 0 spiro atoms. The minimum atomic E-state index is -0.257. The molecule has 0 aliphatic carbocycles. The molecule has 4 aromatic heterocycles. The van der Waals surface area contributed by atoms with Gasteiger partial charge in [-0.15, -0.1) is 16.4 Å². The van der Waals surface area contributed by atoms with Crippen LogP contribution < -0.4 is 10.6 Å². The molecule has 4 heterocycles. The molecule has 0 amide bonds. The van der Waals surface area contributed by atoms with Gasteiger partial charge in [0.2, 0.25) is 0 Å². The number of H-pyrrole nitrogens is 1. The van der Waals surface area contributed by atoms with Crippen molar-refractivity contribution in [3.63, 3.8) is 0 Å². The first-order valence-corrected chi connectivity index (χ1v) is 11.1. The zero-order valence-electron chi connectivity index (χ0n) is 17.2. The third-order valence-corrected chi connectivity index (χ3v) is 6.08. The largest absolute Gasteiger partial charge is 0.379 e. The summed E-state index contributed by atoms with van der Waals surface area (Å²) < 4.78 is 14.9. The van der Waals surface area contributed by atoms with E-state index >= 15 is 0 Å². The highest BCUT2D eigenvalue weighted by Crippen LogP contribution is 2.26. The molecule has 6 rings (SSSR count). The van der Waals surface area contributed by atoms with Crippen LogP contribution in [0.4, 0.5) is 21.6 Å². The van der Waals surface area contributed by atoms with Crippen molar-refractivity contribution in [3.8, 4) is 10.7 Å². The first-order chi connectivity index (χ1) is 16.2. The van der Waals surface area contributed by atoms with Crippen molar-refractivity contribution in [1.82, 2.24) is 29.8 Å². The molecule has 0 unspecified atom stereocenters. The summed E-state index contributed by atoms with van der Waals surface area (Å²) in [5.74, 6) is 0.437. The van der Waals surface area contributed by atoms with Gasteiger partial charge in [0.1, 0.15) is 16.5 Å². The van der Waals surface area contributed by atoms with E-state index in [1.807, 2.05) is 35.7 Å². The number of nitrogens with zero attached hydrogens (tertiary/aromatic N) is 5. The maximum Gasteiger partial charge on any atom is 0.154 e. The van der Waals surface area contributed by atoms with Crippen molar-refractivity contribution in [3.05, 3.63) is 83.9 Å². The van der Waals surface area contributed by atoms with E-state index in [0.29, 0.717) is 12.4 Å². The van der Waals surface area contributed by atoms with Crippen LogP contribution in [0.5, 0.6) is 0 Å². The van der Waals surface area contributed by atoms with Crippen LogP contribution in [-0.4, -0.2) is 29.8 Å². The molecule has 0 atom stereocenters. The highest BCUT2D eigenvalue weighted by atomic mass is 32.1. The lowest BCUT2D eigenvalue weighted by Crippen LogP contribution is -2.01. The van der Waals surface area contributed by atoms with Gasteiger partial charge in [-0.2, -0.15) is 5.10 Å². The van der Waals surface area contributed by atoms with E-state index < -0.39 is 0 Å². The minimum absolute atomic E-state index is 0.257. The Labute approximate surface area is 191 Å². The summed E-state index contributed by atoms with van der Waals surface area (Å²) >= 11 is 1.53. The molecule has 33 heavy (non-hydrogen) atoms. The Morgan fingerprint density at radius 2 is 1.88 bits per heavy atom. The molecular formula is C23H17FN8S. The van der Waals surface area contributed by atoms with Crippen molar-refractivity contribution in [2.45, 2.75) is 6.54 Å². The summed E-state index contributed by atoms with van der Waals surface area (Å²) in [7, 11) is 0. The van der Waals surface area contributed by atoms with Crippen molar-refractivity contribution < 1.29 is 4.39 Å². The van der Waals surface area contributed by atoms with Crippen LogP contribution in [0, 0.1) is 5.82 Å². The third-order valence-electron chi connectivity index (χ3n) is 5.16. The number of hydrogen-bond acceptors (Lipinski definition) is 7. The number of benzene rings is 2. The second kappa shape index (κ2) is 7.99. The van der Waals surface area contributed by atoms with E-state index in [2.05, 4.69) is 25.8 Å². The molecule has 0 saturated heterocycles. The summed E-state index contributed by atoms with van der Waals surface area (Å²) in [5, 5.41) is 22.2. The van der Waals surface area contributed by atoms with E-state index in [0.717, 1.165) is 44.3 Å². The number of halogens is 1. The fraction of sp³-hybridized carbons (Fsp3) is 0.0435. The summed E-state index contributed by atoms with van der Waals surface area (Å²) in [6, 6.07) is 16.0. The Kier molecular flexibility index (Phi) is 4.69.